The number of halogens is 4. The fraction of sp³-hybridized carbons (Fsp3) is 0.192. The van der Waals surface area contributed by atoms with Crippen molar-refractivity contribution in [1.82, 2.24) is 0 Å². The molecule has 33 heavy (non-hydrogen) atoms. The van der Waals surface area contributed by atoms with E-state index >= 15 is 0 Å². The first kappa shape index (κ1) is 24.2. The van der Waals surface area contributed by atoms with Crippen LogP contribution in [0.25, 0.3) is 5.57 Å². The highest BCUT2D eigenvalue weighted by Gasteiger charge is 2.33. The van der Waals surface area contributed by atoms with Gasteiger partial charge in [0.15, 0.2) is 0 Å². The Morgan fingerprint density at radius 3 is 2.58 bits per heavy atom. The zero-order valence-electron chi connectivity index (χ0n) is 17.7. The average molecular weight is 473 g/mol. The molecular weight excluding hydrogens is 453 g/mol. The van der Waals surface area contributed by atoms with Crippen molar-refractivity contribution in [3.63, 3.8) is 0 Å². The summed E-state index contributed by atoms with van der Waals surface area (Å²) in [7, 11) is 0. The summed E-state index contributed by atoms with van der Waals surface area (Å²) in [6.07, 6.45) is 4.04. The van der Waals surface area contributed by atoms with Gasteiger partial charge < -0.3 is 9.84 Å². The Labute approximate surface area is 194 Å². The van der Waals surface area contributed by atoms with E-state index < -0.39 is 23.5 Å². The maximum atomic E-state index is 13.4. The van der Waals surface area contributed by atoms with Crippen molar-refractivity contribution >= 4 is 23.1 Å². The Kier molecular flexibility index (Phi) is 7.67. The first-order chi connectivity index (χ1) is 15.7. The van der Waals surface area contributed by atoms with E-state index in [-0.39, 0.29) is 12.2 Å². The zero-order chi connectivity index (χ0) is 24.0. The molecular formula is C26H20ClF3O3. The van der Waals surface area contributed by atoms with Gasteiger partial charge in [-0.05, 0) is 73.4 Å². The van der Waals surface area contributed by atoms with Gasteiger partial charge >= 0.3 is 12.1 Å². The summed E-state index contributed by atoms with van der Waals surface area (Å²) in [5.74, 6) is 4.34. The van der Waals surface area contributed by atoms with Crippen LogP contribution in [0.15, 0.2) is 65.7 Å². The van der Waals surface area contributed by atoms with Crippen LogP contribution in [0.4, 0.5) is 13.2 Å². The molecule has 0 atom stereocenters. The van der Waals surface area contributed by atoms with E-state index in [1.165, 1.54) is 6.07 Å². The quantitative estimate of drug-likeness (QED) is 0.393. The number of carbonyl (C=O) groups is 1. The Morgan fingerprint density at radius 1 is 1.12 bits per heavy atom. The Bertz CT molecular complexity index is 1210. The van der Waals surface area contributed by atoms with Crippen LogP contribution in [0, 0.1) is 11.8 Å². The molecule has 0 saturated heterocycles. The molecule has 0 radical (unpaired) electrons. The topological polar surface area (TPSA) is 46.5 Å². The molecule has 0 aromatic heterocycles. The van der Waals surface area contributed by atoms with Crippen molar-refractivity contribution in [3.8, 4) is 17.6 Å². The third kappa shape index (κ3) is 6.30. The molecule has 170 valence electrons. The largest absolute Gasteiger partial charge is 0.508 e. The van der Waals surface area contributed by atoms with Gasteiger partial charge in [0, 0.05) is 16.2 Å². The van der Waals surface area contributed by atoms with Crippen LogP contribution in [0.2, 0.25) is 0 Å². The first-order valence-electron chi connectivity index (χ1n) is 10.2. The predicted molar refractivity (Wildman–Crippen MR) is 122 cm³/mol. The second kappa shape index (κ2) is 10.5. The van der Waals surface area contributed by atoms with Gasteiger partial charge in [-0.2, -0.15) is 13.2 Å². The third-order valence-electron chi connectivity index (χ3n) is 4.77. The number of benzene rings is 2. The number of esters is 1. The molecule has 1 aliphatic carbocycles. The molecule has 2 aromatic rings. The Morgan fingerprint density at radius 2 is 1.85 bits per heavy atom. The van der Waals surface area contributed by atoms with E-state index in [0.717, 1.165) is 12.1 Å². The summed E-state index contributed by atoms with van der Waals surface area (Å²) in [6, 6.07) is 7.60. The second-order valence-corrected chi connectivity index (χ2v) is 7.62. The number of allylic oxidation sites excluding steroid dienone is 6. The van der Waals surface area contributed by atoms with Crippen LogP contribution >= 0.6 is 11.6 Å². The SMILES string of the molecule is CCOC(=O)c1ccc(C#Cc2ccc(O)cc2C(F)(F)F)c(C2=CC=C(Cl)CCC=C2)c1. The van der Waals surface area contributed by atoms with Crippen molar-refractivity contribution in [2.75, 3.05) is 6.61 Å². The zero-order valence-corrected chi connectivity index (χ0v) is 18.4. The van der Waals surface area contributed by atoms with Crippen LogP contribution in [0.3, 0.4) is 0 Å². The van der Waals surface area contributed by atoms with Gasteiger partial charge in [0.2, 0.25) is 0 Å². The van der Waals surface area contributed by atoms with Gasteiger partial charge in [-0.25, -0.2) is 4.79 Å². The number of alkyl halides is 3. The lowest BCUT2D eigenvalue weighted by Gasteiger charge is -2.11. The lowest BCUT2D eigenvalue weighted by molar-refractivity contribution is -0.137. The van der Waals surface area contributed by atoms with E-state index in [0.29, 0.717) is 46.2 Å². The number of carbonyl (C=O) groups excluding carboxylic acids is 1. The molecule has 1 aliphatic rings. The monoisotopic (exact) mass is 472 g/mol. The molecule has 0 unspecified atom stereocenters. The summed E-state index contributed by atoms with van der Waals surface area (Å²) in [5.41, 5.74) is 0.671. The summed E-state index contributed by atoms with van der Waals surface area (Å²) in [5, 5.41) is 10.1. The fourth-order valence-electron chi connectivity index (χ4n) is 3.17. The molecule has 2 aromatic carbocycles. The highest BCUT2D eigenvalue weighted by atomic mass is 35.5. The maximum absolute atomic E-state index is 13.4. The minimum absolute atomic E-state index is 0.206. The van der Waals surface area contributed by atoms with E-state index in [1.54, 1.807) is 31.2 Å². The lowest BCUT2D eigenvalue weighted by atomic mass is 9.95. The molecule has 1 N–H and O–H groups in total. The molecule has 0 heterocycles. The molecule has 3 rings (SSSR count). The van der Waals surface area contributed by atoms with E-state index in [4.69, 9.17) is 16.3 Å². The van der Waals surface area contributed by atoms with Gasteiger partial charge in [-0.3, -0.25) is 0 Å². The van der Waals surface area contributed by atoms with Crippen LogP contribution < -0.4 is 0 Å². The van der Waals surface area contributed by atoms with Crippen molar-refractivity contribution < 1.29 is 27.8 Å². The molecule has 0 fully saturated rings. The van der Waals surface area contributed by atoms with Crippen LogP contribution in [0.5, 0.6) is 5.75 Å². The van der Waals surface area contributed by atoms with Crippen molar-refractivity contribution in [1.29, 1.82) is 0 Å². The van der Waals surface area contributed by atoms with Gasteiger partial charge in [0.05, 0.1) is 17.7 Å². The second-order valence-electron chi connectivity index (χ2n) is 7.14. The number of ether oxygens (including phenoxy) is 1. The third-order valence-corrected chi connectivity index (χ3v) is 5.09. The molecule has 0 aliphatic heterocycles. The summed E-state index contributed by atoms with van der Waals surface area (Å²) in [4.78, 5) is 12.3. The lowest BCUT2D eigenvalue weighted by Crippen LogP contribution is -2.07. The number of hydrogen-bond acceptors (Lipinski definition) is 3. The number of rotatable bonds is 3. The van der Waals surface area contributed by atoms with Crippen LogP contribution in [0.1, 0.15) is 52.4 Å². The van der Waals surface area contributed by atoms with E-state index in [1.807, 2.05) is 12.2 Å². The summed E-state index contributed by atoms with van der Waals surface area (Å²) < 4.78 is 45.2. The average Bonchev–Trinajstić information content (AvgIpc) is 2.75. The van der Waals surface area contributed by atoms with Crippen LogP contribution in [-0.2, 0) is 10.9 Å². The molecule has 0 spiro atoms. The first-order valence-corrected chi connectivity index (χ1v) is 10.5. The summed E-state index contributed by atoms with van der Waals surface area (Å²) >= 11 is 6.18. The van der Waals surface area contributed by atoms with Gasteiger partial charge in [-0.1, -0.05) is 41.7 Å². The maximum Gasteiger partial charge on any atom is 0.417 e. The van der Waals surface area contributed by atoms with Crippen molar-refractivity contribution in [2.45, 2.75) is 25.9 Å². The van der Waals surface area contributed by atoms with E-state index in [9.17, 15) is 23.1 Å². The van der Waals surface area contributed by atoms with E-state index in [2.05, 4.69) is 11.8 Å². The molecule has 7 heteroatoms. The fourth-order valence-corrected chi connectivity index (χ4v) is 3.35. The normalized spacial score (nSPS) is 13.7. The highest BCUT2D eigenvalue weighted by Crippen LogP contribution is 2.34. The molecule has 0 amide bonds. The number of phenols is 1. The predicted octanol–water partition coefficient (Wildman–Crippen LogP) is 6.84. The number of aromatic hydroxyl groups is 1. The van der Waals surface area contributed by atoms with Gasteiger partial charge in [0.1, 0.15) is 5.75 Å². The van der Waals surface area contributed by atoms with Gasteiger partial charge in [-0.15, -0.1) is 0 Å². The smallest absolute Gasteiger partial charge is 0.417 e. The highest BCUT2D eigenvalue weighted by molar-refractivity contribution is 6.29. The Hall–Kier alpha value is -3.43. The van der Waals surface area contributed by atoms with Crippen molar-refractivity contribution in [2.24, 2.45) is 0 Å². The Balaban J connectivity index is 2.15. The number of phenolic OH excluding ortho intramolecular Hbond substituents is 1. The van der Waals surface area contributed by atoms with Gasteiger partial charge in [0.25, 0.3) is 0 Å². The molecule has 0 bridgehead atoms. The van der Waals surface area contributed by atoms with Crippen molar-refractivity contribution in [3.05, 3.63) is 93.6 Å². The summed E-state index contributed by atoms with van der Waals surface area (Å²) in [6.45, 7) is 1.90. The molecule has 0 saturated carbocycles. The standard InChI is InChI=1S/C26H20ClF3O3/c1-2-33-25(32)20-10-8-18(23(15-20)17-5-3-4-6-21(27)13-11-17)7-9-19-12-14-22(31)16-24(19)26(28,29)30/h3,5,8,10-16,31H,2,4,6H2,1H3. The minimum Gasteiger partial charge on any atom is -0.508 e. The van der Waals surface area contributed by atoms with Crippen LogP contribution in [-0.4, -0.2) is 17.7 Å². The number of hydrogen-bond donors (Lipinski definition) is 1. The molecule has 3 nitrogen and oxygen atoms in total. The minimum atomic E-state index is -4.67.